The zero-order valence-corrected chi connectivity index (χ0v) is 10.8. The maximum Gasteiger partial charge on any atom is 0.124 e. The molecule has 1 aromatic rings. The Morgan fingerprint density at radius 3 is 2.65 bits per heavy atom. The molecule has 0 aromatic heterocycles. The molecular formula is C12H18FN3S. The van der Waals surface area contributed by atoms with Crippen molar-refractivity contribution in [1.29, 1.82) is 0 Å². The predicted octanol–water partition coefficient (Wildman–Crippen LogP) is 1.54. The maximum atomic E-state index is 13.2. The first-order chi connectivity index (χ1) is 8.19. The van der Waals surface area contributed by atoms with Crippen molar-refractivity contribution in [2.45, 2.75) is 11.4 Å². The molecule has 0 bridgehead atoms. The number of likely N-dealkylation sites (N-methyl/N-ethyl adjacent to an activating group) is 1. The minimum absolute atomic E-state index is 0.196. The Kier molecular flexibility index (Phi) is 4.39. The van der Waals surface area contributed by atoms with Gasteiger partial charge in [0, 0.05) is 37.6 Å². The van der Waals surface area contributed by atoms with Crippen LogP contribution in [0.4, 0.5) is 4.39 Å². The van der Waals surface area contributed by atoms with E-state index in [-0.39, 0.29) is 5.82 Å². The second kappa shape index (κ2) is 5.82. The molecule has 1 heterocycles. The number of benzene rings is 1. The second-order valence-electron chi connectivity index (χ2n) is 4.28. The molecule has 1 saturated heterocycles. The Labute approximate surface area is 106 Å². The maximum absolute atomic E-state index is 13.2. The quantitative estimate of drug-likeness (QED) is 0.831. The molecule has 0 spiro atoms. The van der Waals surface area contributed by atoms with E-state index in [0.717, 1.165) is 36.6 Å². The van der Waals surface area contributed by atoms with Crippen molar-refractivity contribution in [1.82, 2.24) is 9.21 Å². The summed E-state index contributed by atoms with van der Waals surface area (Å²) in [4.78, 5) is 3.24. The zero-order valence-electron chi connectivity index (χ0n) is 10.0. The Hall–Kier alpha value is -0.620. The molecule has 2 rings (SSSR count). The number of hydrogen-bond acceptors (Lipinski definition) is 4. The van der Waals surface area contributed by atoms with Gasteiger partial charge in [-0.15, -0.1) is 0 Å². The van der Waals surface area contributed by atoms with Gasteiger partial charge in [0.1, 0.15) is 5.82 Å². The Bertz CT molecular complexity index is 378. The fourth-order valence-corrected chi connectivity index (χ4v) is 2.86. The summed E-state index contributed by atoms with van der Waals surface area (Å²) in [6, 6.07) is 4.81. The third kappa shape index (κ3) is 3.42. The van der Waals surface area contributed by atoms with E-state index in [1.54, 1.807) is 24.1 Å². The van der Waals surface area contributed by atoms with Crippen molar-refractivity contribution in [3.63, 3.8) is 0 Å². The highest BCUT2D eigenvalue weighted by molar-refractivity contribution is 7.97. The highest BCUT2D eigenvalue weighted by Crippen LogP contribution is 2.27. The van der Waals surface area contributed by atoms with Gasteiger partial charge in [0.15, 0.2) is 0 Å². The minimum atomic E-state index is -0.196. The third-order valence-corrected chi connectivity index (χ3v) is 4.14. The molecule has 5 heteroatoms. The van der Waals surface area contributed by atoms with E-state index in [4.69, 9.17) is 5.73 Å². The summed E-state index contributed by atoms with van der Waals surface area (Å²) in [5.74, 6) is -0.196. The average Bonchev–Trinajstić information content (AvgIpc) is 2.32. The lowest BCUT2D eigenvalue weighted by atomic mass is 10.2. The van der Waals surface area contributed by atoms with Crippen LogP contribution >= 0.6 is 11.9 Å². The van der Waals surface area contributed by atoms with Gasteiger partial charge >= 0.3 is 0 Å². The molecular weight excluding hydrogens is 237 g/mol. The normalized spacial score (nSPS) is 18.5. The van der Waals surface area contributed by atoms with E-state index in [2.05, 4.69) is 16.3 Å². The monoisotopic (exact) mass is 255 g/mol. The van der Waals surface area contributed by atoms with Crippen LogP contribution in [0.3, 0.4) is 0 Å². The average molecular weight is 255 g/mol. The lowest BCUT2D eigenvalue weighted by Gasteiger charge is -2.31. The van der Waals surface area contributed by atoms with E-state index in [1.165, 1.54) is 6.07 Å². The molecule has 0 aliphatic carbocycles. The van der Waals surface area contributed by atoms with Crippen LogP contribution in [0.25, 0.3) is 0 Å². The molecule has 17 heavy (non-hydrogen) atoms. The standard InChI is InChI=1S/C12H18FN3S/c1-15-4-6-16(7-5-15)17-12-8-11(13)3-2-10(12)9-14/h2-3,8H,4-7,9,14H2,1H3. The van der Waals surface area contributed by atoms with E-state index in [0.29, 0.717) is 6.54 Å². The van der Waals surface area contributed by atoms with E-state index < -0.39 is 0 Å². The summed E-state index contributed by atoms with van der Waals surface area (Å²) in [5.41, 5.74) is 6.67. The third-order valence-electron chi connectivity index (χ3n) is 2.94. The van der Waals surface area contributed by atoms with Crippen LogP contribution in [0, 0.1) is 5.82 Å². The van der Waals surface area contributed by atoms with E-state index >= 15 is 0 Å². The summed E-state index contributed by atoms with van der Waals surface area (Å²) in [6.45, 7) is 4.57. The molecule has 0 unspecified atom stereocenters. The molecule has 0 radical (unpaired) electrons. The van der Waals surface area contributed by atoms with Gasteiger partial charge in [-0.05, 0) is 36.7 Å². The van der Waals surface area contributed by atoms with Gasteiger partial charge in [-0.3, -0.25) is 0 Å². The van der Waals surface area contributed by atoms with Gasteiger partial charge in [-0.2, -0.15) is 0 Å². The fourth-order valence-electron chi connectivity index (χ4n) is 1.80. The van der Waals surface area contributed by atoms with Crippen LogP contribution in [0.1, 0.15) is 5.56 Å². The number of hydrogen-bond donors (Lipinski definition) is 1. The summed E-state index contributed by atoms with van der Waals surface area (Å²) in [6.07, 6.45) is 0. The molecule has 0 saturated carbocycles. The summed E-state index contributed by atoms with van der Waals surface area (Å²) < 4.78 is 15.5. The molecule has 0 atom stereocenters. The first-order valence-electron chi connectivity index (χ1n) is 5.79. The minimum Gasteiger partial charge on any atom is -0.326 e. The van der Waals surface area contributed by atoms with Crippen LogP contribution in [0.2, 0.25) is 0 Å². The van der Waals surface area contributed by atoms with Crippen molar-refractivity contribution in [2.75, 3.05) is 33.2 Å². The molecule has 1 aromatic carbocycles. The Morgan fingerprint density at radius 2 is 2.00 bits per heavy atom. The van der Waals surface area contributed by atoms with Crippen molar-refractivity contribution < 1.29 is 4.39 Å². The number of piperazine rings is 1. The highest BCUT2D eigenvalue weighted by atomic mass is 32.2. The molecule has 1 fully saturated rings. The van der Waals surface area contributed by atoms with Crippen LogP contribution in [0.15, 0.2) is 23.1 Å². The van der Waals surface area contributed by atoms with Crippen LogP contribution < -0.4 is 5.73 Å². The van der Waals surface area contributed by atoms with E-state index in [1.807, 2.05) is 0 Å². The highest BCUT2D eigenvalue weighted by Gasteiger charge is 2.16. The van der Waals surface area contributed by atoms with Gasteiger partial charge in [0.25, 0.3) is 0 Å². The first kappa shape index (κ1) is 12.8. The molecule has 2 N–H and O–H groups in total. The van der Waals surface area contributed by atoms with Crippen LogP contribution in [0.5, 0.6) is 0 Å². The van der Waals surface area contributed by atoms with Crippen molar-refractivity contribution in [3.05, 3.63) is 29.6 Å². The number of rotatable bonds is 3. The molecule has 1 aliphatic heterocycles. The van der Waals surface area contributed by atoms with E-state index in [9.17, 15) is 4.39 Å². The Balaban J connectivity index is 2.04. The second-order valence-corrected chi connectivity index (χ2v) is 5.42. The number of nitrogens with two attached hydrogens (primary N) is 1. The summed E-state index contributed by atoms with van der Waals surface area (Å²) in [5, 5.41) is 0. The fraction of sp³-hybridized carbons (Fsp3) is 0.500. The first-order valence-corrected chi connectivity index (χ1v) is 6.56. The molecule has 0 amide bonds. The number of halogens is 1. The summed E-state index contributed by atoms with van der Waals surface area (Å²) >= 11 is 1.62. The lowest BCUT2D eigenvalue weighted by Crippen LogP contribution is -2.41. The van der Waals surface area contributed by atoms with Gasteiger partial charge in [-0.1, -0.05) is 6.07 Å². The van der Waals surface area contributed by atoms with Gasteiger partial charge in [0.2, 0.25) is 0 Å². The largest absolute Gasteiger partial charge is 0.326 e. The van der Waals surface area contributed by atoms with Crippen molar-refractivity contribution in [3.8, 4) is 0 Å². The van der Waals surface area contributed by atoms with Crippen LogP contribution in [-0.4, -0.2) is 42.4 Å². The zero-order chi connectivity index (χ0) is 12.3. The molecule has 1 aliphatic rings. The van der Waals surface area contributed by atoms with Crippen molar-refractivity contribution in [2.24, 2.45) is 5.73 Å². The van der Waals surface area contributed by atoms with Gasteiger partial charge in [0.05, 0.1) is 0 Å². The van der Waals surface area contributed by atoms with Crippen molar-refractivity contribution >= 4 is 11.9 Å². The number of nitrogens with zero attached hydrogens (tertiary/aromatic N) is 2. The smallest absolute Gasteiger partial charge is 0.124 e. The van der Waals surface area contributed by atoms with Gasteiger partial charge in [-0.25, -0.2) is 8.70 Å². The topological polar surface area (TPSA) is 32.5 Å². The lowest BCUT2D eigenvalue weighted by molar-refractivity contribution is 0.233. The van der Waals surface area contributed by atoms with Gasteiger partial charge < -0.3 is 10.6 Å². The molecule has 3 nitrogen and oxygen atoms in total. The SMILES string of the molecule is CN1CCN(Sc2cc(F)ccc2CN)CC1. The Morgan fingerprint density at radius 1 is 1.29 bits per heavy atom. The summed E-state index contributed by atoms with van der Waals surface area (Å²) in [7, 11) is 2.12. The molecule has 94 valence electrons. The van der Waals surface area contributed by atoms with Crippen LogP contribution in [-0.2, 0) is 6.54 Å². The predicted molar refractivity (Wildman–Crippen MR) is 69.2 cm³/mol.